The van der Waals surface area contributed by atoms with Crippen LogP contribution in [0.3, 0.4) is 0 Å². The lowest BCUT2D eigenvalue weighted by Gasteiger charge is -2.28. The average molecular weight is 229 g/mol. The van der Waals surface area contributed by atoms with Crippen LogP contribution in [0.2, 0.25) is 0 Å². The number of hydrogen-bond acceptors (Lipinski definition) is 6. The number of rotatable bonds is 5. The highest BCUT2D eigenvalue weighted by atomic mass is 16.3. The molecule has 0 radical (unpaired) electrons. The Bertz CT molecular complexity index is 392. The van der Waals surface area contributed by atoms with Crippen molar-refractivity contribution in [2.45, 2.75) is 5.54 Å². The molecular weight excluding hydrogens is 214 g/mol. The third-order valence-electron chi connectivity index (χ3n) is 2.31. The third kappa shape index (κ3) is 2.38. The summed E-state index contributed by atoms with van der Waals surface area (Å²) >= 11 is 0. The monoisotopic (exact) mass is 229 g/mol. The molecule has 0 aromatic carbocycles. The fraction of sp³-hybridized carbons (Fsp3) is 0.556. The topological polar surface area (TPSA) is 108 Å². The normalized spacial score (nSPS) is 11.5. The Kier molecular flexibility index (Phi) is 3.99. The highest BCUT2D eigenvalue weighted by molar-refractivity contribution is 5.35. The van der Waals surface area contributed by atoms with E-state index >= 15 is 0 Å². The van der Waals surface area contributed by atoms with E-state index in [9.17, 15) is 4.79 Å². The number of nitrogens with zero attached hydrogens (tertiary/aromatic N) is 2. The number of nitrogens with one attached hydrogen (secondary N) is 1. The van der Waals surface area contributed by atoms with E-state index in [1.54, 1.807) is 7.05 Å². The highest BCUT2D eigenvalue weighted by Gasteiger charge is 2.29. The molecule has 0 unspecified atom stereocenters. The Morgan fingerprint density at radius 2 is 1.94 bits per heavy atom. The van der Waals surface area contributed by atoms with E-state index < -0.39 is 30.9 Å². The van der Waals surface area contributed by atoms with Crippen LogP contribution in [0.1, 0.15) is 0 Å². The Morgan fingerprint density at radius 3 is 2.44 bits per heavy atom. The second-order valence-electron chi connectivity index (χ2n) is 3.57. The maximum absolute atomic E-state index is 11.6. The van der Waals surface area contributed by atoms with Gasteiger partial charge in [-0.05, 0) is 0 Å². The fourth-order valence-corrected chi connectivity index (χ4v) is 1.10. The van der Waals surface area contributed by atoms with Gasteiger partial charge in [0, 0.05) is 19.4 Å². The van der Waals surface area contributed by atoms with Gasteiger partial charge >= 0.3 is 0 Å². The molecule has 0 spiro atoms. The van der Waals surface area contributed by atoms with Gasteiger partial charge in [0.2, 0.25) is 0 Å². The average Bonchev–Trinajstić information content (AvgIpc) is 2.32. The van der Waals surface area contributed by atoms with Gasteiger partial charge in [-0.3, -0.25) is 4.79 Å². The Balaban J connectivity index is 3.03. The minimum absolute atomic E-state index is 0.0258. The van der Waals surface area contributed by atoms with Crippen molar-refractivity contribution in [3.63, 3.8) is 0 Å². The summed E-state index contributed by atoms with van der Waals surface area (Å²) in [6, 6.07) is 0. The number of anilines is 1. The second-order valence-corrected chi connectivity index (χ2v) is 3.57. The fourth-order valence-electron chi connectivity index (χ4n) is 1.10. The second kappa shape index (κ2) is 5.06. The molecule has 0 atom stereocenters. The van der Waals surface area contributed by atoms with E-state index in [2.05, 4.69) is 10.3 Å². The summed E-state index contributed by atoms with van der Waals surface area (Å²) in [5, 5.41) is 29.8. The first-order valence-corrected chi connectivity index (χ1v) is 4.71. The van der Waals surface area contributed by atoms with Crippen LogP contribution in [-0.4, -0.2) is 50.2 Å². The maximum Gasteiger partial charge on any atom is 0.293 e. The summed E-state index contributed by atoms with van der Waals surface area (Å²) in [5.74, 6) is -0.0258. The quantitative estimate of drug-likeness (QED) is 0.461. The maximum atomic E-state index is 11.6. The van der Waals surface area contributed by atoms with Crippen molar-refractivity contribution in [1.82, 2.24) is 9.55 Å². The van der Waals surface area contributed by atoms with Gasteiger partial charge in [0.1, 0.15) is 5.54 Å². The van der Waals surface area contributed by atoms with Crippen LogP contribution in [-0.2, 0) is 7.05 Å². The molecule has 0 aliphatic rings. The highest BCUT2D eigenvalue weighted by Crippen LogP contribution is 2.08. The molecule has 16 heavy (non-hydrogen) atoms. The molecule has 0 bridgehead atoms. The Hall–Kier alpha value is -1.44. The third-order valence-corrected chi connectivity index (χ3v) is 2.31. The summed E-state index contributed by atoms with van der Waals surface area (Å²) in [5.41, 5.74) is -1.75. The number of aromatic nitrogens is 2. The molecular formula is C9H15N3O4. The lowest BCUT2D eigenvalue weighted by molar-refractivity contribution is 0.0830. The SMILES string of the molecule is Cn1ccnc(NC(CO)(CO)CO)c1=O. The first-order chi connectivity index (χ1) is 7.58. The predicted octanol–water partition coefficient (Wildman–Crippen LogP) is -2.09. The molecule has 0 fully saturated rings. The van der Waals surface area contributed by atoms with Crippen LogP contribution in [0.5, 0.6) is 0 Å². The van der Waals surface area contributed by atoms with E-state index in [4.69, 9.17) is 15.3 Å². The summed E-state index contributed by atoms with van der Waals surface area (Å²) < 4.78 is 1.30. The van der Waals surface area contributed by atoms with Gasteiger partial charge in [-0.1, -0.05) is 0 Å². The van der Waals surface area contributed by atoms with Gasteiger partial charge in [-0.15, -0.1) is 0 Å². The molecule has 7 heteroatoms. The van der Waals surface area contributed by atoms with Crippen molar-refractivity contribution in [2.24, 2.45) is 7.05 Å². The number of aliphatic hydroxyl groups excluding tert-OH is 3. The number of hydrogen-bond donors (Lipinski definition) is 4. The van der Waals surface area contributed by atoms with E-state index in [1.807, 2.05) is 0 Å². The van der Waals surface area contributed by atoms with Crippen molar-refractivity contribution < 1.29 is 15.3 Å². The summed E-state index contributed by atoms with van der Waals surface area (Å²) in [4.78, 5) is 15.4. The zero-order valence-electron chi connectivity index (χ0n) is 8.92. The first-order valence-electron chi connectivity index (χ1n) is 4.71. The van der Waals surface area contributed by atoms with Crippen molar-refractivity contribution in [3.05, 3.63) is 22.7 Å². The molecule has 0 amide bonds. The Labute approximate surface area is 92.0 Å². The van der Waals surface area contributed by atoms with Crippen LogP contribution in [0.4, 0.5) is 5.82 Å². The van der Waals surface area contributed by atoms with Crippen LogP contribution in [0.25, 0.3) is 0 Å². The Morgan fingerprint density at radius 1 is 1.38 bits per heavy atom. The molecule has 1 aromatic heterocycles. The van der Waals surface area contributed by atoms with Crippen LogP contribution in [0, 0.1) is 0 Å². The minimum atomic E-state index is -1.35. The largest absolute Gasteiger partial charge is 0.394 e. The summed E-state index contributed by atoms with van der Waals surface area (Å²) in [6.07, 6.45) is 2.88. The van der Waals surface area contributed by atoms with Gasteiger partial charge in [0.05, 0.1) is 19.8 Å². The standard InChI is InChI=1S/C9H15N3O4/c1-12-3-2-10-7(8(12)16)11-9(4-13,5-14)6-15/h2-3,13-15H,4-6H2,1H3,(H,10,11). The molecule has 1 heterocycles. The molecule has 0 saturated heterocycles. The van der Waals surface area contributed by atoms with E-state index in [0.717, 1.165) is 0 Å². The molecule has 1 aromatic rings. The zero-order valence-corrected chi connectivity index (χ0v) is 8.92. The van der Waals surface area contributed by atoms with Gasteiger partial charge in [-0.25, -0.2) is 4.98 Å². The van der Waals surface area contributed by atoms with Crippen molar-refractivity contribution in [2.75, 3.05) is 25.1 Å². The van der Waals surface area contributed by atoms with Gasteiger partial charge in [0.25, 0.3) is 5.56 Å². The van der Waals surface area contributed by atoms with Gasteiger partial charge < -0.3 is 25.2 Å². The number of aryl methyl sites for hydroxylation is 1. The first kappa shape index (κ1) is 12.6. The van der Waals surface area contributed by atoms with Crippen molar-refractivity contribution in [1.29, 1.82) is 0 Å². The van der Waals surface area contributed by atoms with Crippen LogP contribution in [0.15, 0.2) is 17.2 Å². The molecule has 0 aliphatic heterocycles. The van der Waals surface area contributed by atoms with E-state index in [-0.39, 0.29) is 5.82 Å². The van der Waals surface area contributed by atoms with Crippen molar-refractivity contribution in [3.8, 4) is 0 Å². The molecule has 4 N–H and O–H groups in total. The molecule has 0 saturated carbocycles. The van der Waals surface area contributed by atoms with Gasteiger partial charge in [-0.2, -0.15) is 0 Å². The predicted molar refractivity (Wildman–Crippen MR) is 57.1 cm³/mol. The van der Waals surface area contributed by atoms with Crippen molar-refractivity contribution >= 4 is 5.82 Å². The number of aliphatic hydroxyl groups is 3. The molecule has 90 valence electrons. The molecule has 7 nitrogen and oxygen atoms in total. The molecule has 0 aliphatic carbocycles. The zero-order chi connectivity index (χ0) is 12.2. The van der Waals surface area contributed by atoms with E-state index in [0.29, 0.717) is 0 Å². The lowest BCUT2D eigenvalue weighted by atomic mass is 10.0. The lowest BCUT2D eigenvalue weighted by Crippen LogP contribution is -2.50. The van der Waals surface area contributed by atoms with Gasteiger partial charge in [0.15, 0.2) is 5.82 Å². The summed E-state index contributed by atoms with van der Waals surface area (Å²) in [6.45, 7) is -1.54. The summed E-state index contributed by atoms with van der Waals surface area (Å²) in [7, 11) is 1.55. The van der Waals surface area contributed by atoms with E-state index in [1.165, 1.54) is 17.0 Å². The van der Waals surface area contributed by atoms with Crippen LogP contribution >= 0.6 is 0 Å². The minimum Gasteiger partial charge on any atom is -0.394 e. The molecule has 1 rings (SSSR count). The smallest absolute Gasteiger partial charge is 0.293 e. The van der Waals surface area contributed by atoms with Crippen LogP contribution < -0.4 is 10.9 Å².